The van der Waals surface area contributed by atoms with E-state index in [1.54, 1.807) is 0 Å². The molecule has 4 rings (SSSR count). The molecule has 6 heteroatoms. The van der Waals surface area contributed by atoms with E-state index in [4.69, 9.17) is 9.26 Å². The van der Waals surface area contributed by atoms with Crippen LogP contribution in [0.1, 0.15) is 23.1 Å². The highest BCUT2D eigenvalue weighted by atomic mass is 32.2. The van der Waals surface area contributed by atoms with E-state index in [1.807, 2.05) is 17.8 Å². The lowest BCUT2D eigenvalue weighted by molar-refractivity contribution is 0.0677. The van der Waals surface area contributed by atoms with Crippen LogP contribution < -0.4 is 5.32 Å². The summed E-state index contributed by atoms with van der Waals surface area (Å²) in [5.74, 6) is 3.17. The summed E-state index contributed by atoms with van der Waals surface area (Å²) in [6.07, 6.45) is -0.0395. The van der Waals surface area contributed by atoms with Crippen LogP contribution in [-0.4, -0.2) is 28.3 Å². The second kappa shape index (κ2) is 5.20. The smallest absolute Gasteiger partial charge is 0.258 e. The topological polar surface area (TPSA) is 60.2 Å². The highest BCUT2D eigenvalue weighted by Crippen LogP contribution is 2.28. The number of hydrogen-bond donors (Lipinski definition) is 1. The summed E-state index contributed by atoms with van der Waals surface area (Å²) >= 11 is 1.86. The fraction of sp³-hybridized carbons (Fsp3) is 0.429. The molecule has 1 aromatic carbocycles. The van der Waals surface area contributed by atoms with Gasteiger partial charge in [-0.1, -0.05) is 11.2 Å². The van der Waals surface area contributed by atoms with Crippen LogP contribution in [0.15, 0.2) is 22.7 Å². The number of thioether (sulfide) groups is 1. The van der Waals surface area contributed by atoms with Gasteiger partial charge in [-0.05, 0) is 23.3 Å². The molecule has 3 heterocycles. The van der Waals surface area contributed by atoms with Gasteiger partial charge in [0, 0.05) is 30.2 Å². The van der Waals surface area contributed by atoms with Crippen LogP contribution in [0.25, 0.3) is 11.5 Å². The van der Waals surface area contributed by atoms with Crippen molar-refractivity contribution in [1.82, 2.24) is 15.5 Å². The van der Waals surface area contributed by atoms with Crippen LogP contribution in [0, 0.1) is 0 Å². The Bertz CT molecular complexity index is 623. The first-order valence-electron chi connectivity index (χ1n) is 6.76. The molecule has 0 radical (unpaired) electrons. The van der Waals surface area contributed by atoms with Gasteiger partial charge in [0.25, 0.3) is 5.89 Å². The van der Waals surface area contributed by atoms with E-state index in [9.17, 15) is 0 Å². The molecule has 1 fully saturated rings. The summed E-state index contributed by atoms with van der Waals surface area (Å²) in [4.78, 5) is 4.49. The Morgan fingerprint density at radius 3 is 3.10 bits per heavy atom. The first-order chi connectivity index (χ1) is 9.90. The van der Waals surface area contributed by atoms with Crippen molar-refractivity contribution in [3.05, 3.63) is 35.2 Å². The van der Waals surface area contributed by atoms with Gasteiger partial charge in [0.2, 0.25) is 5.82 Å². The second-order valence-electron chi connectivity index (χ2n) is 4.98. The first kappa shape index (κ1) is 12.4. The van der Waals surface area contributed by atoms with E-state index in [2.05, 4.69) is 27.6 Å². The molecule has 0 amide bonds. The minimum atomic E-state index is -0.0395. The van der Waals surface area contributed by atoms with Crippen molar-refractivity contribution < 1.29 is 9.26 Å². The van der Waals surface area contributed by atoms with Gasteiger partial charge >= 0.3 is 0 Å². The van der Waals surface area contributed by atoms with Crippen molar-refractivity contribution in [2.75, 3.05) is 18.1 Å². The fourth-order valence-corrected chi connectivity index (χ4v) is 3.39. The van der Waals surface area contributed by atoms with E-state index in [0.717, 1.165) is 36.8 Å². The highest BCUT2D eigenvalue weighted by Gasteiger charge is 2.23. The molecular weight excluding hydrogens is 274 g/mol. The van der Waals surface area contributed by atoms with E-state index in [0.29, 0.717) is 11.7 Å². The molecule has 0 aliphatic carbocycles. The van der Waals surface area contributed by atoms with Gasteiger partial charge in [-0.2, -0.15) is 16.7 Å². The van der Waals surface area contributed by atoms with Gasteiger partial charge in [0.1, 0.15) is 6.10 Å². The molecule has 2 aliphatic heterocycles. The van der Waals surface area contributed by atoms with Crippen LogP contribution >= 0.6 is 11.8 Å². The number of aromatic nitrogens is 2. The second-order valence-corrected chi connectivity index (χ2v) is 6.13. The van der Waals surface area contributed by atoms with Gasteiger partial charge in [0.05, 0.1) is 6.61 Å². The third kappa shape index (κ3) is 2.24. The lowest BCUT2D eigenvalue weighted by Crippen LogP contribution is -2.16. The Kier molecular flexibility index (Phi) is 3.22. The zero-order chi connectivity index (χ0) is 13.4. The van der Waals surface area contributed by atoms with E-state index < -0.39 is 0 Å². The Balaban J connectivity index is 1.61. The molecule has 2 aromatic rings. The summed E-state index contributed by atoms with van der Waals surface area (Å²) in [5, 5.41) is 7.40. The molecule has 1 unspecified atom stereocenters. The summed E-state index contributed by atoms with van der Waals surface area (Å²) in [6, 6.07) is 6.30. The van der Waals surface area contributed by atoms with Gasteiger partial charge in [0.15, 0.2) is 0 Å². The summed E-state index contributed by atoms with van der Waals surface area (Å²) in [6.45, 7) is 2.61. The largest absolute Gasteiger partial charge is 0.368 e. The van der Waals surface area contributed by atoms with Crippen LogP contribution in [0.3, 0.4) is 0 Å². The summed E-state index contributed by atoms with van der Waals surface area (Å²) < 4.78 is 11.1. The molecule has 1 saturated heterocycles. The molecule has 0 spiro atoms. The van der Waals surface area contributed by atoms with E-state index in [1.165, 1.54) is 11.1 Å². The van der Waals surface area contributed by atoms with Gasteiger partial charge in [-0.3, -0.25) is 0 Å². The van der Waals surface area contributed by atoms with E-state index >= 15 is 0 Å². The van der Waals surface area contributed by atoms with Crippen LogP contribution in [0.2, 0.25) is 0 Å². The van der Waals surface area contributed by atoms with Gasteiger partial charge in [-0.15, -0.1) is 0 Å². The highest BCUT2D eigenvalue weighted by molar-refractivity contribution is 7.99. The number of rotatable bonds is 2. The number of fused-ring (bicyclic) bond motifs is 1. The maximum Gasteiger partial charge on any atom is 0.258 e. The van der Waals surface area contributed by atoms with Crippen molar-refractivity contribution in [3.63, 3.8) is 0 Å². The lowest BCUT2D eigenvalue weighted by Gasteiger charge is -2.18. The number of nitrogens with one attached hydrogen (secondary N) is 1. The molecule has 0 bridgehead atoms. The quantitative estimate of drug-likeness (QED) is 0.914. The Labute approximate surface area is 121 Å². The molecule has 0 saturated carbocycles. The Hall–Kier alpha value is -1.37. The number of nitrogens with zero attached hydrogens (tertiary/aromatic N) is 2. The maximum atomic E-state index is 5.67. The molecule has 5 nitrogen and oxygen atoms in total. The summed E-state index contributed by atoms with van der Waals surface area (Å²) in [5.41, 5.74) is 3.64. The van der Waals surface area contributed by atoms with Crippen LogP contribution in [0.4, 0.5) is 0 Å². The molecule has 1 aromatic heterocycles. The monoisotopic (exact) mass is 289 g/mol. The molecule has 1 N–H and O–H groups in total. The minimum Gasteiger partial charge on any atom is -0.368 e. The maximum absolute atomic E-state index is 5.67. The zero-order valence-corrected chi connectivity index (χ0v) is 11.8. The van der Waals surface area contributed by atoms with Gasteiger partial charge in [-0.25, -0.2) is 0 Å². The normalized spacial score (nSPS) is 21.9. The average Bonchev–Trinajstić information content (AvgIpc) is 3.16. The SMILES string of the molecule is c1cc2c(cc1-c1nc(C3CSCCO3)no1)CNC2. The third-order valence-corrected chi connectivity index (χ3v) is 4.62. The summed E-state index contributed by atoms with van der Waals surface area (Å²) in [7, 11) is 0. The fourth-order valence-electron chi connectivity index (χ4n) is 2.55. The molecule has 20 heavy (non-hydrogen) atoms. The van der Waals surface area contributed by atoms with Crippen molar-refractivity contribution in [3.8, 4) is 11.5 Å². The molecule has 1 atom stereocenters. The van der Waals surface area contributed by atoms with Crippen LogP contribution in [0.5, 0.6) is 0 Å². The molecular formula is C14H15N3O2S. The lowest BCUT2D eigenvalue weighted by atomic mass is 10.1. The third-order valence-electron chi connectivity index (χ3n) is 3.63. The van der Waals surface area contributed by atoms with Crippen molar-refractivity contribution in [2.24, 2.45) is 0 Å². The Morgan fingerprint density at radius 1 is 1.25 bits per heavy atom. The van der Waals surface area contributed by atoms with E-state index in [-0.39, 0.29) is 6.10 Å². The molecule has 104 valence electrons. The minimum absolute atomic E-state index is 0.0395. The van der Waals surface area contributed by atoms with Crippen LogP contribution in [-0.2, 0) is 17.8 Å². The molecule has 2 aliphatic rings. The number of benzene rings is 1. The Morgan fingerprint density at radius 2 is 2.20 bits per heavy atom. The predicted octanol–water partition coefficient (Wildman–Crippen LogP) is 2.14. The standard InChI is InChI=1S/C14H15N3O2S/c1-2-10-6-15-7-11(10)5-9(1)14-16-13(17-19-14)12-8-20-4-3-18-12/h1-2,5,12,15H,3-4,6-8H2. The zero-order valence-electron chi connectivity index (χ0n) is 11.0. The van der Waals surface area contributed by atoms with Gasteiger partial charge < -0.3 is 14.6 Å². The predicted molar refractivity (Wildman–Crippen MR) is 76.3 cm³/mol. The first-order valence-corrected chi connectivity index (χ1v) is 7.91. The average molecular weight is 289 g/mol. The van der Waals surface area contributed by atoms with Crippen molar-refractivity contribution >= 4 is 11.8 Å². The number of ether oxygens (including phenoxy) is 1. The van der Waals surface area contributed by atoms with Crippen molar-refractivity contribution in [1.29, 1.82) is 0 Å². The van der Waals surface area contributed by atoms with Crippen molar-refractivity contribution in [2.45, 2.75) is 19.2 Å². The number of hydrogen-bond acceptors (Lipinski definition) is 6.